The molecule has 2 aromatic heterocycles. The van der Waals surface area contributed by atoms with Crippen LogP contribution in [0.15, 0.2) is 46.0 Å². The number of aliphatic imine (C=N–C) groups is 1. The van der Waals surface area contributed by atoms with Crippen LogP contribution in [0.4, 0.5) is 14.7 Å². The normalized spacial score (nSPS) is 17.7. The fourth-order valence-corrected chi connectivity index (χ4v) is 5.76. The molecule has 1 unspecified atom stereocenters. The zero-order valence-electron chi connectivity index (χ0n) is 22.0. The van der Waals surface area contributed by atoms with Gasteiger partial charge in [0, 0.05) is 47.5 Å². The van der Waals surface area contributed by atoms with E-state index in [1.807, 2.05) is 4.90 Å². The number of anilines is 1. The highest BCUT2D eigenvalue weighted by Gasteiger charge is 2.38. The lowest BCUT2D eigenvalue weighted by atomic mass is 9.85. The number of piperidine rings is 1. The highest BCUT2D eigenvalue weighted by molar-refractivity contribution is 7.11. The van der Waals surface area contributed by atoms with Crippen molar-refractivity contribution in [3.05, 3.63) is 79.7 Å². The molecule has 2 aliphatic rings. The first-order valence-corrected chi connectivity index (χ1v) is 14.1. The molecule has 0 radical (unpaired) electrons. The number of halogens is 3. The maximum atomic E-state index is 14.6. The molecule has 4 heterocycles. The number of hydrogen-bond donors (Lipinski definition) is 2. The van der Waals surface area contributed by atoms with E-state index in [4.69, 9.17) is 16.3 Å². The summed E-state index contributed by atoms with van der Waals surface area (Å²) in [5.74, 6) is -3.66. The molecular formula is C27H25ClF2N6O4S. The molecule has 0 amide bonds. The molecule has 0 bridgehead atoms. The summed E-state index contributed by atoms with van der Waals surface area (Å²) in [6, 6.07) is 2.59. The molecule has 214 valence electrons. The van der Waals surface area contributed by atoms with Gasteiger partial charge >= 0.3 is 11.9 Å². The number of nitrogens with zero attached hydrogens (tertiary/aromatic N) is 5. The van der Waals surface area contributed by atoms with Crippen molar-refractivity contribution in [2.75, 3.05) is 24.6 Å². The van der Waals surface area contributed by atoms with Crippen LogP contribution in [0, 0.1) is 24.5 Å². The number of carbonyl (C=O) groups is 2. The Kier molecular flexibility index (Phi) is 8.27. The minimum atomic E-state index is -1.23. The number of carboxylic acid groups (broad SMARTS) is 1. The molecular weight excluding hydrogens is 578 g/mol. The van der Waals surface area contributed by atoms with E-state index in [9.17, 15) is 23.5 Å². The van der Waals surface area contributed by atoms with Crippen LogP contribution in [-0.4, -0.2) is 57.5 Å². The summed E-state index contributed by atoms with van der Waals surface area (Å²) >= 11 is 7.59. The van der Waals surface area contributed by atoms with E-state index < -0.39 is 34.6 Å². The van der Waals surface area contributed by atoms with Crippen molar-refractivity contribution in [1.82, 2.24) is 20.3 Å². The van der Waals surface area contributed by atoms with Crippen molar-refractivity contribution in [3.8, 4) is 0 Å². The highest BCUT2D eigenvalue weighted by atomic mass is 35.5. The molecule has 0 saturated carbocycles. The summed E-state index contributed by atoms with van der Waals surface area (Å²) in [7, 11) is 0. The Labute approximate surface area is 242 Å². The number of amidine groups is 1. The van der Waals surface area contributed by atoms with Crippen LogP contribution in [-0.2, 0) is 9.53 Å². The Morgan fingerprint density at radius 1 is 1.24 bits per heavy atom. The number of ether oxygens (including phenoxy) is 1. The van der Waals surface area contributed by atoms with E-state index in [1.54, 1.807) is 25.4 Å². The Morgan fingerprint density at radius 3 is 2.66 bits per heavy atom. The number of rotatable bonds is 7. The standard InChI is InChI=1S/C27H25ClF2N6O4S/c1-3-40-26(39)18-21(14-6-9-36(10-7-14)27-32-13(2)12-17(33-27)25(37)38)34-23(24-31-8-11-41-24)35-22(18)15-4-5-16(29)20(30)19(15)28/h4-5,8,11-12,14,22H,3,6-7,9-10H2,1-2H3,(H,34,35)(H,37,38). The third-order valence-corrected chi connectivity index (χ3v) is 7.98. The lowest BCUT2D eigenvalue weighted by molar-refractivity contribution is -0.139. The van der Waals surface area contributed by atoms with Crippen molar-refractivity contribution in [2.24, 2.45) is 10.9 Å². The van der Waals surface area contributed by atoms with Crippen LogP contribution in [0.2, 0.25) is 5.02 Å². The SMILES string of the molecule is CCOC(=O)C1=C(C2CCN(c3nc(C)cc(C(=O)O)n3)CC2)NC(c2nccs2)=NC1c1ccc(F)c(F)c1Cl. The second-order valence-corrected chi connectivity index (χ2v) is 10.7. The molecule has 10 nitrogen and oxygen atoms in total. The number of carbonyl (C=O) groups excluding carboxylic acids is 1. The van der Waals surface area contributed by atoms with Crippen LogP contribution < -0.4 is 10.2 Å². The van der Waals surface area contributed by atoms with Gasteiger partial charge in [0.05, 0.1) is 17.2 Å². The minimum Gasteiger partial charge on any atom is -0.477 e. The van der Waals surface area contributed by atoms with E-state index in [1.165, 1.54) is 23.5 Å². The molecule has 1 fully saturated rings. The van der Waals surface area contributed by atoms with Gasteiger partial charge in [0.1, 0.15) is 6.04 Å². The first-order chi connectivity index (χ1) is 19.7. The number of aromatic nitrogens is 3. The number of benzene rings is 1. The highest BCUT2D eigenvalue weighted by Crippen LogP contribution is 2.41. The monoisotopic (exact) mass is 602 g/mol. The summed E-state index contributed by atoms with van der Waals surface area (Å²) in [6.45, 7) is 4.40. The molecule has 0 spiro atoms. The number of aromatic carboxylic acids is 1. The molecule has 5 rings (SSSR count). The predicted octanol–water partition coefficient (Wildman–Crippen LogP) is 4.70. The van der Waals surface area contributed by atoms with Crippen LogP contribution >= 0.6 is 22.9 Å². The summed E-state index contributed by atoms with van der Waals surface area (Å²) in [6.07, 6.45) is 2.68. The number of thiazole rings is 1. The lowest BCUT2D eigenvalue weighted by Gasteiger charge is -2.36. The number of aryl methyl sites for hydroxylation is 1. The van der Waals surface area contributed by atoms with Gasteiger partial charge in [0.2, 0.25) is 5.95 Å². The zero-order valence-corrected chi connectivity index (χ0v) is 23.6. The van der Waals surface area contributed by atoms with Crippen molar-refractivity contribution in [1.29, 1.82) is 0 Å². The quantitative estimate of drug-likeness (QED) is 0.292. The second kappa shape index (κ2) is 11.9. The second-order valence-electron chi connectivity index (χ2n) is 9.42. The summed E-state index contributed by atoms with van der Waals surface area (Å²) < 4.78 is 34.0. The first kappa shape index (κ1) is 28.6. The van der Waals surface area contributed by atoms with Gasteiger partial charge < -0.3 is 20.1 Å². The van der Waals surface area contributed by atoms with Gasteiger partial charge in [-0.15, -0.1) is 11.3 Å². The van der Waals surface area contributed by atoms with Gasteiger partial charge in [-0.25, -0.2) is 33.3 Å². The van der Waals surface area contributed by atoms with E-state index in [0.717, 1.165) is 6.07 Å². The number of hydrogen-bond acceptors (Lipinski definition) is 10. The van der Waals surface area contributed by atoms with E-state index in [-0.39, 0.29) is 29.4 Å². The maximum absolute atomic E-state index is 14.6. The topological polar surface area (TPSA) is 130 Å². The molecule has 1 aromatic carbocycles. The molecule has 2 N–H and O–H groups in total. The number of carboxylic acids is 1. The van der Waals surface area contributed by atoms with Crippen LogP contribution in [0.25, 0.3) is 0 Å². The number of nitrogens with one attached hydrogen (secondary N) is 1. The lowest BCUT2D eigenvalue weighted by Crippen LogP contribution is -2.42. The third kappa shape index (κ3) is 5.77. The van der Waals surface area contributed by atoms with Gasteiger partial charge in [-0.05, 0) is 38.8 Å². The summed E-state index contributed by atoms with van der Waals surface area (Å²) in [4.78, 5) is 44.4. The van der Waals surface area contributed by atoms with Gasteiger partial charge in [-0.3, -0.25) is 4.99 Å². The molecule has 3 aromatic rings. The maximum Gasteiger partial charge on any atom is 0.354 e. The first-order valence-electron chi connectivity index (χ1n) is 12.8. The average molecular weight is 603 g/mol. The fourth-order valence-electron chi connectivity index (χ4n) is 4.92. The van der Waals surface area contributed by atoms with Crippen molar-refractivity contribution in [2.45, 2.75) is 32.7 Å². The smallest absolute Gasteiger partial charge is 0.354 e. The van der Waals surface area contributed by atoms with Gasteiger partial charge in [0.25, 0.3) is 0 Å². The Morgan fingerprint density at radius 2 is 2.00 bits per heavy atom. The molecule has 1 saturated heterocycles. The van der Waals surface area contributed by atoms with Crippen molar-refractivity contribution >= 4 is 46.7 Å². The largest absolute Gasteiger partial charge is 0.477 e. The Hall–Kier alpha value is -3.97. The zero-order chi connectivity index (χ0) is 29.3. The predicted molar refractivity (Wildman–Crippen MR) is 148 cm³/mol. The Bertz CT molecular complexity index is 1560. The molecule has 14 heteroatoms. The van der Waals surface area contributed by atoms with E-state index in [0.29, 0.717) is 54.1 Å². The van der Waals surface area contributed by atoms with E-state index in [2.05, 4.69) is 25.3 Å². The van der Waals surface area contributed by atoms with Crippen molar-refractivity contribution in [3.63, 3.8) is 0 Å². The fraction of sp³-hybridized carbons (Fsp3) is 0.333. The number of esters is 1. The molecule has 2 aliphatic heterocycles. The number of allylic oxidation sites excluding steroid dienone is 1. The molecule has 1 atom stereocenters. The van der Waals surface area contributed by atoms with E-state index >= 15 is 0 Å². The summed E-state index contributed by atoms with van der Waals surface area (Å²) in [5, 5.41) is 14.5. The van der Waals surface area contributed by atoms with Crippen molar-refractivity contribution < 1.29 is 28.2 Å². The Balaban J connectivity index is 1.54. The van der Waals surface area contributed by atoms with Crippen LogP contribution in [0.3, 0.4) is 0 Å². The summed E-state index contributed by atoms with van der Waals surface area (Å²) in [5.41, 5.74) is 1.25. The van der Waals surface area contributed by atoms with Crippen LogP contribution in [0.1, 0.15) is 52.6 Å². The van der Waals surface area contributed by atoms with Gasteiger partial charge in [-0.2, -0.15) is 0 Å². The third-order valence-electron chi connectivity index (χ3n) is 6.81. The van der Waals surface area contributed by atoms with Gasteiger partial charge in [0.15, 0.2) is 28.2 Å². The van der Waals surface area contributed by atoms with Gasteiger partial charge in [-0.1, -0.05) is 17.7 Å². The van der Waals surface area contributed by atoms with Crippen LogP contribution in [0.5, 0.6) is 0 Å². The molecule has 41 heavy (non-hydrogen) atoms. The average Bonchev–Trinajstić information content (AvgIpc) is 3.50. The molecule has 0 aliphatic carbocycles. The minimum absolute atomic E-state index is 0.0892.